The summed E-state index contributed by atoms with van der Waals surface area (Å²) in [6.45, 7) is 11.3. The first-order valence-corrected chi connectivity index (χ1v) is 11.4. The molecule has 1 aliphatic rings. The molecule has 4 rings (SSSR count). The Labute approximate surface area is 182 Å². The maximum absolute atomic E-state index is 5.73. The van der Waals surface area contributed by atoms with E-state index in [9.17, 15) is 0 Å². The molecule has 0 N–H and O–H groups in total. The van der Waals surface area contributed by atoms with Crippen LogP contribution in [0, 0.1) is 0 Å². The van der Waals surface area contributed by atoms with Gasteiger partial charge in [0, 0.05) is 21.8 Å². The van der Waals surface area contributed by atoms with Crippen LogP contribution in [0.5, 0.6) is 5.75 Å². The third-order valence-corrected chi connectivity index (χ3v) is 6.26. The molecule has 3 aromatic carbocycles. The van der Waals surface area contributed by atoms with Crippen molar-refractivity contribution < 1.29 is 4.18 Å². The fourth-order valence-electron chi connectivity index (χ4n) is 4.16. The van der Waals surface area contributed by atoms with Crippen molar-refractivity contribution in [1.82, 2.24) is 0 Å². The molecule has 0 bridgehead atoms. The second-order valence-electron chi connectivity index (χ2n) is 9.10. The molecule has 0 spiro atoms. The summed E-state index contributed by atoms with van der Waals surface area (Å²) in [5.74, 6) is 0.763. The van der Waals surface area contributed by atoms with E-state index >= 15 is 0 Å². The Hall–Kier alpha value is -2.10. The Kier molecular flexibility index (Phi) is 5.08. The Balaban J connectivity index is 1.91. The quantitative estimate of drug-likeness (QED) is 0.393. The largest absolute Gasteiger partial charge is 0.409 e. The maximum Gasteiger partial charge on any atom is 0.166 e. The lowest BCUT2D eigenvalue weighted by Gasteiger charge is -2.42. The first kappa shape index (κ1) is 20.2. The number of benzene rings is 3. The van der Waals surface area contributed by atoms with Gasteiger partial charge < -0.3 is 9.08 Å². The van der Waals surface area contributed by atoms with Gasteiger partial charge in [-0.05, 0) is 58.5 Å². The number of fused-ring (bicyclic) bond motifs is 2. The molecule has 0 saturated heterocycles. The highest BCUT2D eigenvalue weighted by molar-refractivity contribution is 8.17. The number of nitrogens with zero attached hydrogens (tertiary/aromatic N) is 1. The van der Waals surface area contributed by atoms with E-state index in [1.54, 1.807) is 0 Å². The fraction of sp³-hybridized carbons (Fsp3) is 0.280. The predicted molar refractivity (Wildman–Crippen MR) is 126 cm³/mol. The van der Waals surface area contributed by atoms with Crippen LogP contribution in [0.15, 0.2) is 66.7 Å². The van der Waals surface area contributed by atoms with Gasteiger partial charge in [0.1, 0.15) is 5.75 Å². The van der Waals surface area contributed by atoms with Crippen LogP contribution in [0.25, 0.3) is 0 Å². The first-order valence-electron chi connectivity index (χ1n) is 9.83. The standard InChI is InChI=1S/C25H26ClNOS/c1-24(2,3)17-10-12-18(13-11-17)27-22-9-7-6-8-20(22)25(4,5)21-16-19(28-29-26)14-15-23(21)27/h6-16H,1-5H3. The van der Waals surface area contributed by atoms with Gasteiger partial charge in [0.25, 0.3) is 0 Å². The number of halogens is 1. The average Bonchev–Trinajstić information content (AvgIpc) is 2.69. The van der Waals surface area contributed by atoms with E-state index in [0.717, 1.165) is 22.7 Å². The smallest absolute Gasteiger partial charge is 0.166 e. The highest BCUT2D eigenvalue weighted by atomic mass is 35.7. The normalized spacial score (nSPS) is 14.9. The molecule has 1 heterocycles. The van der Waals surface area contributed by atoms with E-state index in [1.807, 2.05) is 6.07 Å². The molecule has 3 aromatic rings. The fourth-order valence-corrected chi connectivity index (χ4v) is 4.55. The summed E-state index contributed by atoms with van der Waals surface area (Å²) in [5.41, 5.74) is 7.37. The van der Waals surface area contributed by atoms with Crippen molar-refractivity contribution in [2.45, 2.75) is 45.4 Å². The molecule has 0 aliphatic carbocycles. The van der Waals surface area contributed by atoms with E-state index in [1.165, 1.54) is 28.1 Å². The van der Waals surface area contributed by atoms with Gasteiger partial charge >= 0.3 is 0 Å². The van der Waals surface area contributed by atoms with Gasteiger partial charge in [-0.15, -0.1) is 0 Å². The molecule has 0 fully saturated rings. The van der Waals surface area contributed by atoms with Gasteiger partial charge in [0.05, 0.1) is 11.4 Å². The lowest BCUT2D eigenvalue weighted by molar-refractivity contribution is 0.590. The maximum atomic E-state index is 5.73. The monoisotopic (exact) mass is 423 g/mol. The van der Waals surface area contributed by atoms with Gasteiger partial charge in [0.15, 0.2) is 11.3 Å². The number of rotatable bonds is 3. The van der Waals surface area contributed by atoms with E-state index < -0.39 is 0 Å². The molecule has 2 nitrogen and oxygen atoms in total. The SMILES string of the molecule is CC(C)(C)c1ccc(N2c3ccccc3C(C)(C)c3cc(OSCl)ccc32)cc1. The van der Waals surface area contributed by atoms with Crippen molar-refractivity contribution in [3.8, 4) is 5.75 Å². The topological polar surface area (TPSA) is 12.5 Å². The Bertz CT molecular complexity index is 1040. The molecule has 0 aromatic heterocycles. The van der Waals surface area contributed by atoms with Crippen molar-refractivity contribution in [3.05, 3.63) is 83.4 Å². The Morgan fingerprint density at radius 1 is 0.862 bits per heavy atom. The zero-order chi connectivity index (χ0) is 20.8. The van der Waals surface area contributed by atoms with E-state index in [0.29, 0.717) is 0 Å². The minimum atomic E-state index is -0.149. The summed E-state index contributed by atoms with van der Waals surface area (Å²) in [6, 6.07) is 23.8. The Morgan fingerprint density at radius 2 is 1.52 bits per heavy atom. The molecular weight excluding hydrogens is 398 g/mol. The summed E-state index contributed by atoms with van der Waals surface area (Å²) in [7, 11) is 5.73. The first-order chi connectivity index (χ1) is 13.7. The van der Waals surface area contributed by atoms with Crippen LogP contribution in [-0.4, -0.2) is 0 Å². The zero-order valence-corrected chi connectivity index (χ0v) is 19.1. The van der Waals surface area contributed by atoms with Crippen LogP contribution in [0.1, 0.15) is 51.3 Å². The van der Waals surface area contributed by atoms with Gasteiger partial charge in [-0.3, -0.25) is 0 Å². The van der Waals surface area contributed by atoms with Crippen molar-refractivity contribution in [3.63, 3.8) is 0 Å². The zero-order valence-electron chi connectivity index (χ0n) is 17.5. The molecule has 29 heavy (non-hydrogen) atoms. The summed E-state index contributed by atoms with van der Waals surface area (Å²) >= 11 is 0.851. The number of hydrogen-bond donors (Lipinski definition) is 0. The van der Waals surface area contributed by atoms with Gasteiger partial charge in [0.2, 0.25) is 0 Å². The summed E-state index contributed by atoms with van der Waals surface area (Å²) in [5, 5.41) is 0. The van der Waals surface area contributed by atoms with Gasteiger partial charge in [-0.2, -0.15) is 0 Å². The van der Waals surface area contributed by atoms with Crippen molar-refractivity contribution in [2.24, 2.45) is 0 Å². The molecule has 1 aliphatic heterocycles. The third kappa shape index (κ3) is 3.51. The van der Waals surface area contributed by atoms with Crippen molar-refractivity contribution >= 4 is 39.0 Å². The van der Waals surface area contributed by atoms with Gasteiger partial charge in [-0.25, -0.2) is 0 Å². The molecule has 150 valence electrons. The van der Waals surface area contributed by atoms with Crippen molar-refractivity contribution in [1.29, 1.82) is 0 Å². The van der Waals surface area contributed by atoms with E-state index in [2.05, 4.69) is 100 Å². The van der Waals surface area contributed by atoms with E-state index in [4.69, 9.17) is 14.9 Å². The lowest BCUT2D eigenvalue weighted by Crippen LogP contribution is -2.30. The molecule has 0 radical (unpaired) electrons. The van der Waals surface area contributed by atoms with Crippen LogP contribution in [-0.2, 0) is 10.8 Å². The van der Waals surface area contributed by atoms with Crippen LogP contribution in [0.2, 0.25) is 0 Å². The second-order valence-corrected chi connectivity index (χ2v) is 9.77. The minimum Gasteiger partial charge on any atom is -0.409 e. The minimum absolute atomic E-state index is 0.129. The lowest BCUT2D eigenvalue weighted by atomic mass is 9.73. The van der Waals surface area contributed by atoms with Gasteiger partial charge in [-0.1, -0.05) is 65.0 Å². The van der Waals surface area contributed by atoms with Crippen LogP contribution in [0.3, 0.4) is 0 Å². The van der Waals surface area contributed by atoms with Crippen LogP contribution in [0.4, 0.5) is 17.1 Å². The molecule has 0 atom stereocenters. The Morgan fingerprint density at radius 3 is 2.17 bits per heavy atom. The summed E-state index contributed by atoms with van der Waals surface area (Å²) < 4.78 is 5.51. The number of hydrogen-bond acceptors (Lipinski definition) is 3. The molecule has 0 amide bonds. The van der Waals surface area contributed by atoms with E-state index in [-0.39, 0.29) is 10.8 Å². The highest BCUT2D eigenvalue weighted by Gasteiger charge is 2.37. The number of para-hydroxylation sites is 1. The summed E-state index contributed by atoms with van der Waals surface area (Å²) in [4.78, 5) is 2.35. The molecule has 4 heteroatoms. The second kappa shape index (κ2) is 7.30. The molecule has 0 unspecified atom stereocenters. The predicted octanol–water partition coefficient (Wildman–Crippen LogP) is 8.27. The average molecular weight is 424 g/mol. The highest BCUT2D eigenvalue weighted by Crippen LogP contribution is 2.52. The number of anilines is 3. The molecule has 0 saturated carbocycles. The summed E-state index contributed by atoms with van der Waals surface area (Å²) in [6.07, 6.45) is 0. The van der Waals surface area contributed by atoms with Crippen LogP contribution < -0.4 is 9.08 Å². The molecular formula is C25H26ClNOS. The van der Waals surface area contributed by atoms with Crippen LogP contribution >= 0.6 is 21.9 Å². The van der Waals surface area contributed by atoms with Crippen molar-refractivity contribution in [2.75, 3.05) is 4.90 Å². The third-order valence-electron chi connectivity index (χ3n) is 5.82.